The van der Waals surface area contributed by atoms with Gasteiger partial charge < -0.3 is 5.11 Å². The Bertz CT molecular complexity index is 88.9. The van der Waals surface area contributed by atoms with Crippen molar-refractivity contribution in [1.29, 1.82) is 0 Å². The zero-order chi connectivity index (χ0) is 8.85. The summed E-state index contributed by atoms with van der Waals surface area (Å²) in [6, 6.07) is 0. The fraction of sp³-hybridized carbons (Fsp3) is 1.00. The average Bonchev–Trinajstić information content (AvgIpc) is 1.87. The second-order valence-corrected chi connectivity index (χ2v) is 4.07. The van der Waals surface area contributed by atoms with E-state index in [1.807, 2.05) is 0 Å². The molecular weight excluding hydrogens is 136 g/mol. The van der Waals surface area contributed by atoms with E-state index in [0.717, 1.165) is 18.3 Å². The van der Waals surface area contributed by atoms with Crippen LogP contribution in [0.2, 0.25) is 0 Å². The monoisotopic (exact) mass is 158 g/mol. The van der Waals surface area contributed by atoms with Crippen LogP contribution >= 0.6 is 0 Å². The molecule has 2 atom stereocenters. The van der Waals surface area contributed by atoms with E-state index in [-0.39, 0.29) is 0 Å². The second kappa shape index (κ2) is 5.59. The van der Waals surface area contributed by atoms with Crippen LogP contribution in [0.4, 0.5) is 0 Å². The first kappa shape index (κ1) is 11.0. The van der Waals surface area contributed by atoms with Crippen molar-refractivity contribution >= 4 is 0 Å². The average molecular weight is 158 g/mol. The van der Waals surface area contributed by atoms with Gasteiger partial charge in [0.05, 0.1) is 0 Å². The first-order chi connectivity index (χ1) is 5.07. The summed E-state index contributed by atoms with van der Waals surface area (Å²) in [5.41, 5.74) is 0. The largest absolute Gasteiger partial charge is 0.396 e. The molecule has 0 heterocycles. The molecule has 11 heavy (non-hydrogen) atoms. The highest BCUT2D eigenvalue weighted by Crippen LogP contribution is 2.20. The maximum absolute atomic E-state index is 8.69. The van der Waals surface area contributed by atoms with Gasteiger partial charge in [-0.15, -0.1) is 0 Å². The van der Waals surface area contributed by atoms with E-state index < -0.39 is 0 Å². The minimum Gasteiger partial charge on any atom is -0.396 e. The molecule has 0 saturated carbocycles. The van der Waals surface area contributed by atoms with E-state index in [0.29, 0.717) is 12.5 Å². The van der Waals surface area contributed by atoms with Crippen molar-refractivity contribution in [3.63, 3.8) is 0 Å². The lowest BCUT2D eigenvalue weighted by Crippen LogP contribution is -2.10. The number of aliphatic hydroxyl groups excluding tert-OH is 1. The van der Waals surface area contributed by atoms with Crippen LogP contribution in [0.15, 0.2) is 0 Å². The smallest absolute Gasteiger partial charge is 0.0433 e. The standard InChI is InChI=1S/C10H22O/c1-8(2)10(4)7-9(3)5-6-11/h8-11H,5-7H2,1-4H3/t9-,10-/m1/s1. The van der Waals surface area contributed by atoms with Gasteiger partial charge in [-0.2, -0.15) is 0 Å². The lowest BCUT2D eigenvalue weighted by molar-refractivity contribution is 0.237. The molecule has 1 nitrogen and oxygen atoms in total. The van der Waals surface area contributed by atoms with Crippen LogP contribution in [0.25, 0.3) is 0 Å². The van der Waals surface area contributed by atoms with Gasteiger partial charge in [0.2, 0.25) is 0 Å². The Labute approximate surface area is 70.8 Å². The van der Waals surface area contributed by atoms with Gasteiger partial charge in [-0.25, -0.2) is 0 Å². The van der Waals surface area contributed by atoms with E-state index in [1.165, 1.54) is 6.42 Å². The first-order valence-electron chi connectivity index (χ1n) is 4.68. The van der Waals surface area contributed by atoms with Crippen LogP contribution in [-0.2, 0) is 0 Å². The summed E-state index contributed by atoms with van der Waals surface area (Å²) in [7, 11) is 0. The van der Waals surface area contributed by atoms with E-state index in [2.05, 4.69) is 27.7 Å². The Morgan fingerprint density at radius 3 is 2.00 bits per heavy atom. The third-order valence-corrected chi connectivity index (χ3v) is 2.53. The van der Waals surface area contributed by atoms with Gasteiger partial charge in [-0.3, -0.25) is 0 Å². The van der Waals surface area contributed by atoms with Crippen molar-refractivity contribution in [2.24, 2.45) is 17.8 Å². The van der Waals surface area contributed by atoms with Crippen molar-refractivity contribution < 1.29 is 5.11 Å². The topological polar surface area (TPSA) is 20.2 Å². The highest BCUT2D eigenvalue weighted by molar-refractivity contribution is 4.61. The van der Waals surface area contributed by atoms with Gasteiger partial charge in [0.25, 0.3) is 0 Å². The van der Waals surface area contributed by atoms with Crippen molar-refractivity contribution in [3.8, 4) is 0 Å². The molecule has 0 aromatic carbocycles. The lowest BCUT2D eigenvalue weighted by Gasteiger charge is -2.19. The second-order valence-electron chi connectivity index (χ2n) is 4.07. The zero-order valence-electron chi connectivity index (χ0n) is 8.30. The number of hydrogen-bond donors (Lipinski definition) is 1. The van der Waals surface area contributed by atoms with Crippen molar-refractivity contribution in [1.82, 2.24) is 0 Å². The van der Waals surface area contributed by atoms with Gasteiger partial charge in [-0.05, 0) is 30.6 Å². The predicted molar refractivity (Wildman–Crippen MR) is 49.5 cm³/mol. The molecule has 0 rings (SSSR count). The molecule has 1 N–H and O–H groups in total. The van der Waals surface area contributed by atoms with Crippen molar-refractivity contribution in [3.05, 3.63) is 0 Å². The molecule has 0 unspecified atom stereocenters. The fourth-order valence-electron chi connectivity index (χ4n) is 1.25. The summed E-state index contributed by atoms with van der Waals surface area (Å²) < 4.78 is 0. The molecule has 0 bridgehead atoms. The van der Waals surface area contributed by atoms with Gasteiger partial charge in [0.1, 0.15) is 0 Å². The molecule has 0 saturated heterocycles. The Balaban J connectivity index is 3.48. The highest BCUT2D eigenvalue weighted by Gasteiger charge is 2.10. The molecule has 0 aliphatic heterocycles. The van der Waals surface area contributed by atoms with Crippen LogP contribution < -0.4 is 0 Å². The Morgan fingerprint density at radius 2 is 1.64 bits per heavy atom. The molecule has 0 spiro atoms. The van der Waals surface area contributed by atoms with Crippen LogP contribution in [0.1, 0.15) is 40.5 Å². The van der Waals surface area contributed by atoms with Crippen LogP contribution in [-0.4, -0.2) is 11.7 Å². The maximum Gasteiger partial charge on any atom is 0.0433 e. The van der Waals surface area contributed by atoms with Crippen molar-refractivity contribution in [2.75, 3.05) is 6.61 Å². The van der Waals surface area contributed by atoms with Crippen LogP contribution in [0, 0.1) is 17.8 Å². The van der Waals surface area contributed by atoms with Crippen molar-refractivity contribution in [2.45, 2.75) is 40.5 Å². The number of aliphatic hydroxyl groups is 1. The molecule has 0 radical (unpaired) electrons. The molecular formula is C10H22O. The third-order valence-electron chi connectivity index (χ3n) is 2.53. The molecule has 0 aliphatic rings. The number of hydrogen-bond acceptors (Lipinski definition) is 1. The fourth-order valence-corrected chi connectivity index (χ4v) is 1.25. The minimum atomic E-state index is 0.339. The molecule has 1 heteroatoms. The maximum atomic E-state index is 8.69. The third kappa shape index (κ3) is 5.25. The summed E-state index contributed by atoms with van der Waals surface area (Å²) in [6.07, 6.45) is 2.20. The van der Waals surface area contributed by atoms with Crippen LogP contribution in [0.3, 0.4) is 0 Å². The SMILES string of the molecule is CC(C)[C@H](C)C[C@H](C)CCO. The molecule has 0 aliphatic carbocycles. The molecule has 68 valence electrons. The Hall–Kier alpha value is -0.0400. The first-order valence-corrected chi connectivity index (χ1v) is 4.68. The normalized spacial score (nSPS) is 16.9. The van der Waals surface area contributed by atoms with Gasteiger partial charge in [0, 0.05) is 6.61 Å². The molecule has 0 aromatic heterocycles. The minimum absolute atomic E-state index is 0.339. The van der Waals surface area contributed by atoms with Crippen LogP contribution in [0.5, 0.6) is 0 Å². The van der Waals surface area contributed by atoms with E-state index in [9.17, 15) is 0 Å². The Morgan fingerprint density at radius 1 is 1.09 bits per heavy atom. The van der Waals surface area contributed by atoms with Gasteiger partial charge >= 0.3 is 0 Å². The quantitative estimate of drug-likeness (QED) is 0.652. The van der Waals surface area contributed by atoms with E-state index in [4.69, 9.17) is 5.11 Å². The predicted octanol–water partition coefficient (Wildman–Crippen LogP) is 2.69. The molecule has 0 amide bonds. The van der Waals surface area contributed by atoms with Gasteiger partial charge in [0.15, 0.2) is 0 Å². The Kier molecular flexibility index (Phi) is 5.57. The molecule has 0 fully saturated rings. The number of rotatable bonds is 5. The zero-order valence-corrected chi connectivity index (χ0v) is 8.30. The summed E-state index contributed by atoms with van der Waals surface area (Å²) in [4.78, 5) is 0. The summed E-state index contributed by atoms with van der Waals surface area (Å²) in [6.45, 7) is 9.37. The molecule has 0 aromatic rings. The van der Waals surface area contributed by atoms with E-state index >= 15 is 0 Å². The van der Waals surface area contributed by atoms with E-state index in [1.54, 1.807) is 0 Å². The lowest BCUT2D eigenvalue weighted by atomic mass is 9.87. The summed E-state index contributed by atoms with van der Waals surface area (Å²) in [5.74, 6) is 2.24. The van der Waals surface area contributed by atoms with Gasteiger partial charge in [-0.1, -0.05) is 27.7 Å². The summed E-state index contributed by atoms with van der Waals surface area (Å²) >= 11 is 0. The highest BCUT2D eigenvalue weighted by atomic mass is 16.3. The summed E-state index contributed by atoms with van der Waals surface area (Å²) in [5, 5.41) is 8.69.